The molecule has 194 valence electrons. The van der Waals surface area contributed by atoms with E-state index in [2.05, 4.69) is 31.5 Å². The van der Waals surface area contributed by atoms with Crippen molar-refractivity contribution in [2.24, 2.45) is 5.92 Å². The maximum absolute atomic E-state index is 12.7. The number of nitrogens with one attached hydrogen (secondary N) is 2. The van der Waals surface area contributed by atoms with Crippen molar-refractivity contribution in [3.8, 4) is 0 Å². The molecule has 1 atom stereocenters. The van der Waals surface area contributed by atoms with Crippen LogP contribution in [0.2, 0.25) is 0 Å². The molecule has 0 radical (unpaired) electrons. The Kier molecular flexibility index (Phi) is 8.77. The SMILES string of the molecule is O=C(NC1CCC(N2CCCC(Nc3nccc(N4CCCCCC4)n3)C2)CC1)C1CCCCC1. The Hall–Kier alpha value is -1.89. The first kappa shape index (κ1) is 24.8. The minimum Gasteiger partial charge on any atom is -0.356 e. The van der Waals surface area contributed by atoms with Crippen LogP contribution in [0.3, 0.4) is 0 Å². The van der Waals surface area contributed by atoms with Crippen LogP contribution in [0, 0.1) is 5.92 Å². The zero-order valence-electron chi connectivity index (χ0n) is 21.6. The molecule has 0 bridgehead atoms. The van der Waals surface area contributed by atoms with Gasteiger partial charge in [-0.3, -0.25) is 9.69 Å². The van der Waals surface area contributed by atoms with Gasteiger partial charge in [0.2, 0.25) is 11.9 Å². The van der Waals surface area contributed by atoms with E-state index in [9.17, 15) is 4.79 Å². The lowest BCUT2D eigenvalue weighted by molar-refractivity contribution is -0.127. The average Bonchev–Trinajstić information content (AvgIpc) is 3.20. The van der Waals surface area contributed by atoms with Gasteiger partial charge in [-0.25, -0.2) is 4.98 Å². The van der Waals surface area contributed by atoms with E-state index in [1.807, 2.05) is 6.20 Å². The summed E-state index contributed by atoms with van der Waals surface area (Å²) in [5.74, 6) is 2.46. The lowest BCUT2D eigenvalue weighted by Gasteiger charge is -2.41. The van der Waals surface area contributed by atoms with E-state index in [0.717, 1.165) is 57.1 Å². The summed E-state index contributed by atoms with van der Waals surface area (Å²) in [5.41, 5.74) is 0. The van der Waals surface area contributed by atoms with Crippen molar-refractivity contribution in [2.75, 3.05) is 36.4 Å². The highest BCUT2D eigenvalue weighted by molar-refractivity contribution is 5.79. The number of anilines is 2. The van der Waals surface area contributed by atoms with E-state index >= 15 is 0 Å². The molecule has 1 aromatic heterocycles. The second kappa shape index (κ2) is 12.4. The maximum atomic E-state index is 12.7. The molecule has 2 saturated carbocycles. The van der Waals surface area contributed by atoms with E-state index in [-0.39, 0.29) is 5.92 Å². The zero-order valence-corrected chi connectivity index (χ0v) is 21.6. The molecule has 1 unspecified atom stereocenters. The molecular formula is C28H46N6O. The van der Waals surface area contributed by atoms with Gasteiger partial charge in [0.05, 0.1) is 0 Å². The molecule has 4 aliphatic rings. The van der Waals surface area contributed by atoms with E-state index in [1.54, 1.807) is 0 Å². The zero-order chi connectivity index (χ0) is 23.9. The number of hydrogen-bond donors (Lipinski definition) is 2. The Morgan fingerprint density at radius 1 is 0.800 bits per heavy atom. The van der Waals surface area contributed by atoms with E-state index in [0.29, 0.717) is 24.0 Å². The summed E-state index contributed by atoms with van der Waals surface area (Å²) in [4.78, 5) is 27.2. The van der Waals surface area contributed by atoms with Crippen LogP contribution in [0.5, 0.6) is 0 Å². The molecule has 7 nitrogen and oxygen atoms in total. The van der Waals surface area contributed by atoms with Crippen molar-refractivity contribution in [1.29, 1.82) is 0 Å². The number of carbonyl (C=O) groups is 1. The topological polar surface area (TPSA) is 73.4 Å². The van der Waals surface area contributed by atoms with Crippen LogP contribution >= 0.6 is 0 Å². The second-order valence-corrected chi connectivity index (χ2v) is 11.5. The fourth-order valence-electron chi connectivity index (χ4n) is 6.80. The predicted molar refractivity (Wildman–Crippen MR) is 142 cm³/mol. The number of carbonyl (C=O) groups excluding carboxylic acids is 1. The summed E-state index contributed by atoms with van der Waals surface area (Å²) < 4.78 is 0. The summed E-state index contributed by atoms with van der Waals surface area (Å²) >= 11 is 0. The molecule has 2 saturated heterocycles. The molecule has 35 heavy (non-hydrogen) atoms. The van der Waals surface area contributed by atoms with Crippen molar-refractivity contribution >= 4 is 17.7 Å². The first-order chi connectivity index (χ1) is 17.2. The molecule has 2 aliphatic carbocycles. The smallest absolute Gasteiger partial charge is 0.224 e. The first-order valence-electron chi connectivity index (χ1n) is 14.6. The molecular weight excluding hydrogens is 436 g/mol. The molecule has 2 N–H and O–H groups in total. The quantitative estimate of drug-likeness (QED) is 0.610. The Morgan fingerprint density at radius 3 is 2.31 bits per heavy atom. The highest BCUT2D eigenvalue weighted by atomic mass is 16.1. The van der Waals surface area contributed by atoms with Crippen molar-refractivity contribution in [3.05, 3.63) is 12.3 Å². The number of likely N-dealkylation sites (tertiary alicyclic amines) is 1. The second-order valence-electron chi connectivity index (χ2n) is 11.5. The largest absolute Gasteiger partial charge is 0.356 e. The number of amides is 1. The van der Waals surface area contributed by atoms with Crippen LogP contribution in [0.15, 0.2) is 12.3 Å². The Bertz CT molecular complexity index is 796. The fraction of sp³-hybridized carbons (Fsp3) is 0.821. The van der Waals surface area contributed by atoms with E-state index in [1.165, 1.54) is 77.2 Å². The number of hydrogen-bond acceptors (Lipinski definition) is 6. The number of aromatic nitrogens is 2. The lowest BCUT2D eigenvalue weighted by atomic mass is 9.86. The molecule has 3 heterocycles. The van der Waals surface area contributed by atoms with Gasteiger partial charge in [-0.15, -0.1) is 0 Å². The molecule has 4 fully saturated rings. The highest BCUT2D eigenvalue weighted by Gasteiger charge is 2.31. The van der Waals surface area contributed by atoms with Crippen LogP contribution in [-0.4, -0.2) is 65.1 Å². The fourth-order valence-corrected chi connectivity index (χ4v) is 6.80. The lowest BCUT2D eigenvalue weighted by Crippen LogP contribution is -2.50. The van der Waals surface area contributed by atoms with Crippen LogP contribution in [0.25, 0.3) is 0 Å². The molecule has 7 heteroatoms. The monoisotopic (exact) mass is 482 g/mol. The van der Waals surface area contributed by atoms with Crippen molar-refractivity contribution < 1.29 is 4.79 Å². The summed E-state index contributed by atoms with van der Waals surface area (Å²) in [6.07, 6.45) is 20.1. The van der Waals surface area contributed by atoms with Crippen LogP contribution in [0.4, 0.5) is 11.8 Å². The number of rotatable bonds is 6. The average molecular weight is 483 g/mol. The highest BCUT2D eigenvalue weighted by Crippen LogP contribution is 2.28. The Balaban J connectivity index is 1.09. The molecule has 0 spiro atoms. The van der Waals surface area contributed by atoms with Crippen LogP contribution in [0.1, 0.15) is 96.3 Å². The Labute approximate surface area is 211 Å². The van der Waals surface area contributed by atoms with Gasteiger partial charge in [-0.2, -0.15) is 4.98 Å². The van der Waals surface area contributed by atoms with Gasteiger partial charge >= 0.3 is 0 Å². The van der Waals surface area contributed by atoms with Gasteiger partial charge in [0, 0.05) is 49.9 Å². The van der Waals surface area contributed by atoms with Crippen LogP contribution in [-0.2, 0) is 4.79 Å². The van der Waals surface area contributed by atoms with Gasteiger partial charge < -0.3 is 15.5 Å². The summed E-state index contributed by atoms with van der Waals surface area (Å²) in [6.45, 7) is 4.48. The van der Waals surface area contributed by atoms with Gasteiger partial charge in [0.1, 0.15) is 5.82 Å². The van der Waals surface area contributed by atoms with Crippen molar-refractivity contribution in [1.82, 2.24) is 20.2 Å². The number of piperidine rings is 1. The summed E-state index contributed by atoms with van der Waals surface area (Å²) in [7, 11) is 0. The third kappa shape index (κ3) is 6.87. The minimum atomic E-state index is 0.274. The number of nitrogens with zero attached hydrogens (tertiary/aromatic N) is 4. The molecule has 5 rings (SSSR count). The van der Waals surface area contributed by atoms with Crippen LogP contribution < -0.4 is 15.5 Å². The first-order valence-corrected chi connectivity index (χ1v) is 14.6. The third-order valence-corrected chi connectivity index (χ3v) is 8.89. The predicted octanol–water partition coefficient (Wildman–Crippen LogP) is 4.74. The molecule has 2 aliphatic heterocycles. The van der Waals surface area contributed by atoms with Gasteiger partial charge in [-0.1, -0.05) is 32.1 Å². The normalized spacial score (nSPS) is 29.4. The standard InChI is InChI=1S/C28H46N6O/c35-27(22-9-4-3-5-10-22)30-23-12-14-25(15-13-23)34-20-8-11-24(21-34)31-28-29-17-16-26(32-28)33-18-6-1-2-7-19-33/h16-17,22-25H,1-15,18-21H2,(H,30,35)(H,29,31,32). The third-order valence-electron chi connectivity index (χ3n) is 8.89. The van der Waals surface area contributed by atoms with E-state index < -0.39 is 0 Å². The van der Waals surface area contributed by atoms with Gasteiger partial charge in [0.25, 0.3) is 0 Å². The van der Waals surface area contributed by atoms with Crippen molar-refractivity contribution in [3.63, 3.8) is 0 Å². The summed E-state index contributed by atoms with van der Waals surface area (Å²) in [5, 5.41) is 7.07. The molecule has 1 amide bonds. The summed E-state index contributed by atoms with van der Waals surface area (Å²) in [6, 6.07) is 3.50. The minimum absolute atomic E-state index is 0.274. The Morgan fingerprint density at radius 2 is 1.54 bits per heavy atom. The molecule has 1 aromatic rings. The molecule has 0 aromatic carbocycles. The van der Waals surface area contributed by atoms with E-state index in [4.69, 9.17) is 4.98 Å². The maximum Gasteiger partial charge on any atom is 0.224 e. The van der Waals surface area contributed by atoms with Gasteiger partial charge in [-0.05, 0) is 76.8 Å². The van der Waals surface area contributed by atoms with Gasteiger partial charge in [0.15, 0.2) is 0 Å². The van der Waals surface area contributed by atoms with Crippen molar-refractivity contribution in [2.45, 2.75) is 114 Å².